The van der Waals surface area contributed by atoms with Crippen LogP contribution < -0.4 is 0 Å². The maximum Gasteiger partial charge on any atom is -0.0105 e. The van der Waals surface area contributed by atoms with Crippen LogP contribution in [0, 0.1) is 0 Å². The van der Waals surface area contributed by atoms with Gasteiger partial charge in [0.15, 0.2) is 0 Å². The van der Waals surface area contributed by atoms with Crippen molar-refractivity contribution in [3.05, 3.63) is 107 Å². The second kappa shape index (κ2) is 7.11. The van der Waals surface area contributed by atoms with E-state index < -0.39 is 0 Å². The Balaban J connectivity index is 2.10. The molecule has 0 fully saturated rings. The van der Waals surface area contributed by atoms with E-state index in [9.17, 15) is 0 Å². The molecular weight excluding hydrogens is 276 g/mol. The lowest BCUT2D eigenvalue weighted by Crippen LogP contribution is -1.90. The Morgan fingerprint density at radius 2 is 1.26 bits per heavy atom. The monoisotopic (exact) mass is 298 g/mol. The van der Waals surface area contributed by atoms with Crippen molar-refractivity contribution < 1.29 is 0 Å². The number of hydrogen-bond acceptors (Lipinski definition) is 0. The molecule has 0 aliphatic rings. The molecule has 0 aliphatic heterocycles. The van der Waals surface area contributed by atoms with Crippen molar-refractivity contribution in [3.63, 3.8) is 0 Å². The summed E-state index contributed by atoms with van der Waals surface area (Å²) in [5.41, 5.74) is 6.37. The molecule has 0 aliphatic carbocycles. The van der Waals surface area contributed by atoms with Gasteiger partial charge in [-0.2, -0.15) is 0 Å². The van der Waals surface area contributed by atoms with E-state index in [-0.39, 0.29) is 0 Å². The molecule has 0 heterocycles. The molecule has 0 saturated heterocycles. The summed E-state index contributed by atoms with van der Waals surface area (Å²) in [7, 11) is 0. The van der Waals surface area contributed by atoms with Gasteiger partial charge >= 0.3 is 0 Å². The fourth-order valence-electron chi connectivity index (χ4n) is 2.74. The summed E-state index contributed by atoms with van der Waals surface area (Å²) in [5.74, 6) is 0.542. The molecule has 0 bridgehead atoms. The zero-order chi connectivity index (χ0) is 16.1. The quantitative estimate of drug-likeness (QED) is 0.489. The highest BCUT2D eigenvalue weighted by Gasteiger charge is 2.05. The number of rotatable bonds is 4. The number of hydrogen-bond donors (Lipinski definition) is 0. The summed E-state index contributed by atoms with van der Waals surface area (Å²) in [6.45, 7) is 4.47. The molecular formula is C23H22. The van der Waals surface area contributed by atoms with E-state index in [1.54, 1.807) is 0 Å². The van der Waals surface area contributed by atoms with Gasteiger partial charge in [0.05, 0.1) is 0 Å². The molecule has 23 heavy (non-hydrogen) atoms. The van der Waals surface area contributed by atoms with Gasteiger partial charge < -0.3 is 0 Å². The summed E-state index contributed by atoms with van der Waals surface area (Å²) < 4.78 is 0. The summed E-state index contributed by atoms with van der Waals surface area (Å²) in [6.07, 6.45) is 2.29. The molecule has 0 heteroatoms. The molecule has 0 spiro atoms. The minimum atomic E-state index is 0.542. The van der Waals surface area contributed by atoms with Gasteiger partial charge in [-0.3, -0.25) is 0 Å². The Labute approximate surface area is 139 Å². The lowest BCUT2D eigenvalue weighted by Gasteiger charge is -2.10. The smallest absolute Gasteiger partial charge is 0.0105 e. The van der Waals surface area contributed by atoms with Crippen LogP contribution in [0.4, 0.5) is 0 Å². The van der Waals surface area contributed by atoms with Crippen molar-refractivity contribution >= 4 is 11.6 Å². The molecule has 0 atom stereocenters. The molecule has 3 aromatic rings. The van der Waals surface area contributed by atoms with Crippen molar-refractivity contribution in [1.29, 1.82) is 0 Å². The van der Waals surface area contributed by atoms with E-state index in [0.29, 0.717) is 5.92 Å². The molecule has 3 rings (SSSR count). The molecule has 0 amide bonds. The van der Waals surface area contributed by atoms with Crippen LogP contribution in [0.2, 0.25) is 0 Å². The molecule has 0 N–H and O–H groups in total. The first-order valence-electron chi connectivity index (χ1n) is 8.16. The van der Waals surface area contributed by atoms with Crippen LogP contribution in [0.25, 0.3) is 11.6 Å². The van der Waals surface area contributed by atoms with Gasteiger partial charge in [-0.1, -0.05) is 98.8 Å². The largest absolute Gasteiger partial charge is 0.0622 e. The second-order valence-electron chi connectivity index (χ2n) is 6.11. The van der Waals surface area contributed by atoms with Gasteiger partial charge in [0, 0.05) is 0 Å². The van der Waals surface area contributed by atoms with Crippen LogP contribution in [0.5, 0.6) is 0 Å². The summed E-state index contributed by atoms with van der Waals surface area (Å²) >= 11 is 0. The fraction of sp³-hybridized carbons (Fsp3) is 0.130. The van der Waals surface area contributed by atoms with Crippen LogP contribution in [0.3, 0.4) is 0 Å². The van der Waals surface area contributed by atoms with Crippen LogP contribution in [-0.2, 0) is 0 Å². The Morgan fingerprint density at radius 3 is 1.78 bits per heavy atom. The van der Waals surface area contributed by atoms with E-state index in [2.05, 4.69) is 105 Å². The standard InChI is InChI=1S/C23H22/c1-18(2)22-15-9-10-19(16-22)17-23(20-11-5-3-6-12-20)21-13-7-4-8-14-21/h3-18H,1-2H3. The Hall–Kier alpha value is -2.60. The van der Waals surface area contributed by atoms with E-state index in [1.165, 1.54) is 27.8 Å². The van der Waals surface area contributed by atoms with Gasteiger partial charge in [-0.25, -0.2) is 0 Å². The van der Waals surface area contributed by atoms with Crippen LogP contribution >= 0.6 is 0 Å². The van der Waals surface area contributed by atoms with Gasteiger partial charge in [0.2, 0.25) is 0 Å². The zero-order valence-electron chi connectivity index (χ0n) is 13.7. The van der Waals surface area contributed by atoms with Gasteiger partial charge in [0.1, 0.15) is 0 Å². The summed E-state index contributed by atoms with van der Waals surface area (Å²) in [6, 6.07) is 30.0. The molecule has 0 saturated carbocycles. The van der Waals surface area contributed by atoms with Crippen LogP contribution in [0.1, 0.15) is 42.0 Å². The van der Waals surface area contributed by atoms with Gasteiger partial charge in [0.25, 0.3) is 0 Å². The van der Waals surface area contributed by atoms with Gasteiger partial charge in [-0.05, 0) is 39.8 Å². The summed E-state index contributed by atoms with van der Waals surface area (Å²) in [4.78, 5) is 0. The van der Waals surface area contributed by atoms with Crippen LogP contribution in [0.15, 0.2) is 84.9 Å². The van der Waals surface area contributed by atoms with E-state index >= 15 is 0 Å². The average molecular weight is 298 g/mol. The van der Waals surface area contributed by atoms with Gasteiger partial charge in [-0.15, -0.1) is 0 Å². The predicted molar refractivity (Wildman–Crippen MR) is 100 cm³/mol. The number of benzene rings is 3. The molecule has 114 valence electrons. The fourth-order valence-corrected chi connectivity index (χ4v) is 2.74. The van der Waals surface area contributed by atoms with Crippen molar-refractivity contribution in [2.75, 3.05) is 0 Å². The topological polar surface area (TPSA) is 0 Å². The normalized spacial score (nSPS) is 10.6. The highest BCUT2D eigenvalue weighted by Crippen LogP contribution is 2.27. The maximum absolute atomic E-state index is 2.29. The second-order valence-corrected chi connectivity index (χ2v) is 6.11. The molecule has 0 unspecified atom stereocenters. The van der Waals surface area contributed by atoms with Crippen molar-refractivity contribution in [2.45, 2.75) is 19.8 Å². The maximum atomic E-state index is 2.29. The first-order valence-corrected chi connectivity index (χ1v) is 8.16. The SMILES string of the molecule is CC(C)c1cccc(C=C(c2ccccc2)c2ccccc2)c1. The van der Waals surface area contributed by atoms with Crippen molar-refractivity contribution in [1.82, 2.24) is 0 Å². The predicted octanol–water partition coefficient (Wildman–Crippen LogP) is 6.40. The first kappa shape index (κ1) is 15.3. The van der Waals surface area contributed by atoms with E-state index in [1.807, 2.05) is 0 Å². The van der Waals surface area contributed by atoms with E-state index in [0.717, 1.165) is 0 Å². The highest BCUT2D eigenvalue weighted by atomic mass is 14.1. The zero-order valence-corrected chi connectivity index (χ0v) is 13.7. The third kappa shape index (κ3) is 3.78. The minimum Gasteiger partial charge on any atom is -0.0622 e. The summed E-state index contributed by atoms with van der Waals surface area (Å²) in [5, 5.41) is 0. The Morgan fingerprint density at radius 1 is 0.696 bits per heavy atom. The third-order valence-electron chi connectivity index (χ3n) is 4.06. The van der Waals surface area contributed by atoms with Crippen molar-refractivity contribution in [2.24, 2.45) is 0 Å². The molecule has 3 aromatic carbocycles. The van der Waals surface area contributed by atoms with Crippen molar-refractivity contribution in [3.8, 4) is 0 Å². The average Bonchev–Trinajstić information content (AvgIpc) is 2.61. The van der Waals surface area contributed by atoms with E-state index in [4.69, 9.17) is 0 Å². The lowest BCUT2D eigenvalue weighted by molar-refractivity contribution is 0.866. The third-order valence-corrected chi connectivity index (χ3v) is 4.06. The molecule has 0 radical (unpaired) electrons. The van der Waals surface area contributed by atoms with Crippen LogP contribution in [-0.4, -0.2) is 0 Å². The molecule has 0 aromatic heterocycles. The first-order chi connectivity index (χ1) is 11.2. The molecule has 0 nitrogen and oxygen atoms in total. The lowest BCUT2D eigenvalue weighted by atomic mass is 9.94. The highest BCUT2D eigenvalue weighted by molar-refractivity contribution is 5.91. The Bertz CT molecular complexity index is 739. The Kier molecular flexibility index (Phi) is 4.73. The minimum absolute atomic E-state index is 0.542.